The molecule has 8 heteroatoms. The number of nitrogens with zero attached hydrogens (tertiary/aromatic N) is 3. The third-order valence-corrected chi connectivity index (χ3v) is 5.07. The van der Waals surface area contributed by atoms with Gasteiger partial charge in [-0.15, -0.1) is 0 Å². The van der Waals surface area contributed by atoms with Gasteiger partial charge in [0.05, 0.1) is 6.20 Å². The average molecular weight is 447 g/mol. The molecule has 0 aliphatic heterocycles. The predicted molar refractivity (Wildman–Crippen MR) is 122 cm³/mol. The molecular weight excluding hydrogens is 420 g/mol. The van der Waals surface area contributed by atoms with Gasteiger partial charge in [-0.25, -0.2) is 9.78 Å². The van der Waals surface area contributed by atoms with Crippen molar-refractivity contribution in [3.8, 4) is 0 Å². The smallest absolute Gasteiger partial charge is 0.326 e. The molecule has 0 fully saturated rings. The molecule has 0 saturated carbocycles. The summed E-state index contributed by atoms with van der Waals surface area (Å²) in [5.74, 6) is -2.11. The Morgan fingerprint density at radius 2 is 1.67 bits per heavy atom. The number of hydrogen-bond donors (Lipinski definition) is 2. The Bertz CT molecular complexity index is 1100. The SMILES string of the molecule is CC(C)[C@H](NC(=O)c1cccc(CN(Cc2ccccc2)C(=O)c2cnccn2)c1)C(=O)O. The van der Waals surface area contributed by atoms with Crippen molar-refractivity contribution in [3.63, 3.8) is 0 Å². The lowest BCUT2D eigenvalue weighted by Crippen LogP contribution is -2.44. The first-order chi connectivity index (χ1) is 15.8. The quantitative estimate of drug-likeness (QED) is 0.522. The number of amides is 2. The van der Waals surface area contributed by atoms with E-state index < -0.39 is 17.9 Å². The number of hydrogen-bond acceptors (Lipinski definition) is 5. The molecule has 0 saturated heterocycles. The van der Waals surface area contributed by atoms with Crippen LogP contribution in [0.4, 0.5) is 0 Å². The molecule has 2 N–H and O–H groups in total. The van der Waals surface area contributed by atoms with E-state index in [2.05, 4.69) is 15.3 Å². The molecular formula is C25H26N4O4. The first-order valence-electron chi connectivity index (χ1n) is 10.6. The fourth-order valence-corrected chi connectivity index (χ4v) is 3.34. The molecule has 1 atom stereocenters. The molecule has 1 aromatic heterocycles. The summed E-state index contributed by atoms with van der Waals surface area (Å²) in [4.78, 5) is 47.0. The highest BCUT2D eigenvalue weighted by Crippen LogP contribution is 2.15. The molecule has 1 heterocycles. The summed E-state index contributed by atoms with van der Waals surface area (Å²) >= 11 is 0. The molecule has 8 nitrogen and oxygen atoms in total. The van der Waals surface area contributed by atoms with E-state index in [4.69, 9.17) is 0 Å². The van der Waals surface area contributed by atoms with Crippen molar-refractivity contribution in [2.24, 2.45) is 5.92 Å². The standard InChI is InChI=1S/C25H26N4O4/c1-17(2)22(25(32)33)28-23(30)20-10-6-9-19(13-20)16-29(15-18-7-4-3-5-8-18)24(31)21-14-26-11-12-27-21/h3-14,17,22H,15-16H2,1-2H3,(H,28,30)(H,32,33)/t22-/m0/s1. The molecule has 3 aromatic rings. The van der Waals surface area contributed by atoms with Crippen molar-refractivity contribution in [2.45, 2.75) is 33.0 Å². The Kier molecular flexibility index (Phi) is 7.86. The Hall–Kier alpha value is -4.07. The van der Waals surface area contributed by atoms with Crippen LogP contribution in [0.25, 0.3) is 0 Å². The lowest BCUT2D eigenvalue weighted by molar-refractivity contribution is -0.140. The van der Waals surface area contributed by atoms with Crippen molar-refractivity contribution < 1.29 is 19.5 Å². The second-order valence-corrected chi connectivity index (χ2v) is 7.97. The van der Waals surface area contributed by atoms with Gasteiger partial charge in [-0.3, -0.25) is 14.6 Å². The molecule has 0 unspecified atom stereocenters. The summed E-state index contributed by atoms with van der Waals surface area (Å²) in [6, 6.07) is 15.4. The maximum Gasteiger partial charge on any atom is 0.326 e. The van der Waals surface area contributed by atoms with Crippen molar-refractivity contribution in [1.82, 2.24) is 20.2 Å². The van der Waals surface area contributed by atoms with E-state index in [1.807, 2.05) is 36.4 Å². The Morgan fingerprint density at radius 1 is 0.970 bits per heavy atom. The largest absolute Gasteiger partial charge is 0.480 e. The summed E-state index contributed by atoms with van der Waals surface area (Å²) in [5.41, 5.74) is 2.23. The Morgan fingerprint density at radius 3 is 2.30 bits per heavy atom. The van der Waals surface area contributed by atoms with Crippen molar-refractivity contribution in [2.75, 3.05) is 0 Å². The van der Waals surface area contributed by atoms with Gasteiger partial charge >= 0.3 is 5.97 Å². The van der Waals surface area contributed by atoms with Gasteiger partial charge in [-0.2, -0.15) is 0 Å². The lowest BCUT2D eigenvalue weighted by atomic mass is 10.0. The van der Waals surface area contributed by atoms with Crippen molar-refractivity contribution in [1.29, 1.82) is 0 Å². The van der Waals surface area contributed by atoms with Crippen LogP contribution in [0.2, 0.25) is 0 Å². The minimum Gasteiger partial charge on any atom is -0.480 e. The van der Waals surface area contributed by atoms with E-state index in [1.165, 1.54) is 18.6 Å². The third kappa shape index (κ3) is 6.46. The van der Waals surface area contributed by atoms with Gasteiger partial charge in [0.15, 0.2) is 0 Å². The first-order valence-corrected chi connectivity index (χ1v) is 10.6. The Labute approximate surface area is 192 Å². The monoisotopic (exact) mass is 446 g/mol. The average Bonchev–Trinajstić information content (AvgIpc) is 2.82. The maximum atomic E-state index is 13.1. The van der Waals surface area contributed by atoms with E-state index in [0.29, 0.717) is 12.1 Å². The van der Waals surface area contributed by atoms with Gasteiger partial charge in [-0.05, 0) is 29.2 Å². The van der Waals surface area contributed by atoms with E-state index in [0.717, 1.165) is 11.1 Å². The number of carboxylic acid groups (broad SMARTS) is 1. The lowest BCUT2D eigenvalue weighted by Gasteiger charge is -2.23. The van der Waals surface area contributed by atoms with E-state index in [1.54, 1.807) is 36.9 Å². The summed E-state index contributed by atoms with van der Waals surface area (Å²) in [5, 5.41) is 11.9. The van der Waals surface area contributed by atoms with Crippen molar-refractivity contribution >= 4 is 17.8 Å². The van der Waals surface area contributed by atoms with Gasteiger partial charge in [0.25, 0.3) is 11.8 Å². The van der Waals surface area contributed by atoms with Gasteiger partial charge in [-0.1, -0.05) is 56.3 Å². The molecule has 2 aromatic carbocycles. The van der Waals surface area contributed by atoms with Gasteiger partial charge in [0, 0.05) is 31.0 Å². The molecule has 33 heavy (non-hydrogen) atoms. The number of carboxylic acids is 1. The second kappa shape index (κ2) is 11.0. The number of rotatable bonds is 9. The van der Waals surface area contributed by atoms with E-state index in [9.17, 15) is 19.5 Å². The number of benzene rings is 2. The molecule has 0 aliphatic rings. The number of aliphatic carboxylic acids is 1. The summed E-state index contributed by atoms with van der Waals surface area (Å²) in [6.07, 6.45) is 4.39. The van der Waals surface area contributed by atoms with Gasteiger partial charge in [0.2, 0.25) is 0 Å². The minimum atomic E-state index is -1.09. The van der Waals surface area contributed by atoms with E-state index >= 15 is 0 Å². The highest BCUT2D eigenvalue weighted by atomic mass is 16.4. The molecule has 0 bridgehead atoms. The zero-order valence-electron chi connectivity index (χ0n) is 18.5. The number of nitrogens with one attached hydrogen (secondary N) is 1. The molecule has 0 radical (unpaired) electrons. The predicted octanol–water partition coefficient (Wildman–Crippen LogP) is 3.16. The van der Waals surface area contributed by atoms with Crippen molar-refractivity contribution in [3.05, 3.63) is 95.6 Å². The van der Waals surface area contributed by atoms with Crippen LogP contribution in [0, 0.1) is 5.92 Å². The zero-order chi connectivity index (χ0) is 23.8. The van der Waals surface area contributed by atoms with Crippen LogP contribution >= 0.6 is 0 Å². The topological polar surface area (TPSA) is 112 Å². The summed E-state index contributed by atoms with van der Waals surface area (Å²) < 4.78 is 0. The Balaban J connectivity index is 1.83. The maximum absolute atomic E-state index is 13.1. The van der Waals surface area contributed by atoms with E-state index in [-0.39, 0.29) is 24.1 Å². The molecule has 3 rings (SSSR count). The fraction of sp³-hybridized carbons (Fsp3) is 0.240. The van der Waals surface area contributed by atoms with Gasteiger partial charge < -0.3 is 15.3 Å². The third-order valence-electron chi connectivity index (χ3n) is 5.07. The van der Waals surface area contributed by atoms with Crippen LogP contribution in [0.1, 0.15) is 45.8 Å². The van der Waals surface area contributed by atoms with Crippen LogP contribution in [0.15, 0.2) is 73.2 Å². The van der Waals surface area contributed by atoms with Crippen LogP contribution in [-0.4, -0.2) is 43.8 Å². The molecule has 2 amide bonds. The highest BCUT2D eigenvalue weighted by molar-refractivity contribution is 5.97. The molecule has 0 spiro atoms. The van der Waals surface area contributed by atoms with Crippen LogP contribution < -0.4 is 5.32 Å². The fourth-order valence-electron chi connectivity index (χ4n) is 3.34. The number of carbonyl (C=O) groups excluding carboxylic acids is 2. The van der Waals surface area contributed by atoms with Crippen LogP contribution in [0.5, 0.6) is 0 Å². The second-order valence-electron chi connectivity index (χ2n) is 7.97. The number of aromatic nitrogens is 2. The normalized spacial score (nSPS) is 11.6. The molecule has 0 aliphatic carbocycles. The summed E-state index contributed by atoms with van der Waals surface area (Å²) in [7, 11) is 0. The zero-order valence-corrected chi connectivity index (χ0v) is 18.5. The van der Waals surface area contributed by atoms with Crippen LogP contribution in [-0.2, 0) is 17.9 Å². The summed E-state index contributed by atoms with van der Waals surface area (Å²) in [6.45, 7) is 4.04. The highest BCUT2D eigenvalue weighted by Gasteiger charge is 2.24. The molecule has 170 valence electrons. The minimum absolute atomic E-state index is 0.226. The number of carbonyl (C=O) groups is 3. The van der Waals surface area contributed by atoms with Gasteiger partial charge in [0.1, 0.15) is 11.7 Å². The first kappa shape index (κ1) is 23.6. The van der Waals surface area contributed by atoms with Crippen LogP contribution in [0.3, 0.4) is 0 Å².